The number of aromatic amines is 1. The lowest BCUT2D eigenvalue weighted by molar-refractivity contribution is 0.700. The molecule has 0 aliphatic heterocycles. The highest BCUT2D eigenvalue weighted by Crippen LogP contribution is 2.17. The second kappa shape index (κ2) is 4.40. The number of rotatable bonds is 3. The van der Waals surface area contributed by atoms with Gasteiger partial charge < -0.3 is 0 Å². The Labute approximate surface area is 92.7 Å². The van der Waals surface area contributed by atoms with Crippen molar-refractivity contribution in [3.63, 3.8) is 0 Å². The van der Waals surface area contributed by atoms with Crippen LogP contribution in [0.4, 0.5) is 0 Å². The highest BCUT2D eigenvalue weighted by atomic mass is 35.5. The molecule has 0 saturated heterocycles. The van der Waals surface area contributed by atoms with E-state index in [1.165, 1.54) is 5.56 Å². The molecule has 1 aromatic heterocycles. The number of nitrogens with one attached hydrogen (secondary N) is 1. The van der Waals surface area contributed by atoms with Gasteiger partial charge in [-0.05, 0) is 24.1 Å². The normalized spacial score (nSPS) is 12.7. The van der Waals surface area contributed by atoms with Crippen LogP contribution in [0.15, 0.2) is 24.3 Å². The summed E-state index contributed by atoms with van der Waals surface area (Å²) in [4.78, 5) is 0. The highest BCUT2D eigenvalue weighted by molar-refractivity contribution is 6.30. The van der Waals surface area contributed by atoms with Gasteiger partial charge in [0.2, 0.25) is 0 Å². The average Bonchev–Trinajstić information content (AvgIpc) is 2.74. The first-order valence-electron chi connectivity index (χ1n) is 4.73. The summed E-state index contributed by atoms with van der Waals surface area (Å²) in [5.41, 5.74) is 1.22. The average molecular weight is 223 g/mol. The van der Waals surface area contributed by atoms with Crippen molar-refractivity contribution < 1.29 is 0 Å². The number of halogens is 1. The third kappa shape index (κ3) is 2.53. The molecule has 1 heterocycles. The van der Waals surface area contributed by atoms with Crippen LogP contribution < -0.4 is 0 Å². The quantitative estimate of drug-likeness (QED) is 0.866. The molecular formula is C10H11ClN4. The first-order chi connectivity index (χ1) is 7.25. The van der Waals surface area contributed by atoms with E-state index in [0.29, 0.717) is 0 Å². The standard InChI is InChI=1S/C10H11ClN4/c1-7(10-12-14-15-13-10)6-8-2-4-9(11)5-3-8/h2-5,7H,6H2,1H3,(H,12,13,14,15)/t7-/m0/s1. The van der Waals surface area contributed by atoms with Crippen LogP contribution in [-0.2, 0) is 6.42 Å². The Morgan fingerprint density at radius 3 is 2.67 bits per heavy atom. The maximum Gasteiger partial charge on any atom is 0.177 e. The van der Waals surface area contributed by atoms with Crippen LogP contribution in [0.5, 0.6) is 0 Å². The molecular weight excluding hydrogens is 212 g/mol. The molecule has 78 valence electrons. The third-order valence-corrected chi connectivity index (χ3v) is 2.51. The van der Waals surface area contributed by atoms with E-state index in [0.717, 1.165) is 17.3 Å². The minimum absolute atomic E-state index is 0.255. The topological polar surface area (TPSA) is 54.5 Å². The molecule has 0 bridgehead atoms. The maximum atomic E-state index is 5.81. The van der Waals surface area contributed by atoms with Crippen LogP contribution >= 0.6 is 11.6 Å². The Bertz CT molecular complexity index is 409. The van der Waals surface area contributed by atoms with Crippen molar-refractivity contribution in [2.24, 2.45) is 0 Å². The van der Waals surface area contributed by atoms with Gasteiger partial charge in [0, 0.05) is 10.9 Å². The Balaban J connectivity index is 2.06. The van der Waals surface area contributed by atoms with Crippen LogP contribution in [0.1, 0.15) is 24.2 Å². The molecule has 15 heavy (non-hydrogen) atoms. The van der Waals surface area contributed by atoms with E-state index in [2.05, 4.69) is 27.5 Å². The molecule has 1 atom stereocenters. The maximum absolute atomic E-state index is 5.81. The zero-order chi connectivity index (χ0) is 10.7. The summed E-state index contributed by atoms with van der Waals surface area (Å²) < 4.78 is 0. The van der Waals surface area contributed by atoms with Gasteiger partial charge in [0.05, 0.1) is 0 Å². The summed E-state index contributed by atoms with van der Waals surface area (Å²) in [6.07, 6.45) is 0.886. The number of benzene rings is 1. The summed E-state index contributed by atoms with van der Waals surface area (Å²) in [7, 11) is 0. The van der Waals surface area contributed by atoms with Gasteiger partial charge in [0.15, 0.2) is 5.82 Å². The Kier molecular flexibility index (Phi) is 2.97. The number of H-pyrrole nitrogens is 1. The second-order valence-electron chi connectivity index (χ2n) is 3.50. The Morgan fingerprint density at radius 2 is 2.07 bits per heavy atom. The SMILES string of the molecule is C[C@@H](Cc1ccc(Cl)cc1)c1nn[nH]n1. The minimum atomic E-state index is 0.255. The monoisotopic (exact) mass is 222 g/mol. The highest BCUT2D eigenvalue weighted by Gasteiger charge is 2.10. The van der Waals surface area contributed by atoms with Gasteiger partial charge in [0.1, 0.15) is 0 Å². The van der Waals surface area contributed by atoms with Gasteiger partial charge in [-0.3, -0.25) is 0 Å². The van der Waals surface area contributed by atoms with Gasteiger partial charge in [-0.15, -0.1) is 10.2 Å². The van der Waals surface area contributed by atoms with E-state index < -0.39 is 0 Å². The zero-order valence-corrected chi connectivity index (χ0v) is 9.07. The van der Waals surface area contributed by atoms with Crippen molar-refractivity contribution in [3.8, 4) is 0 Å². The minimum Gasteiger partial charge on any atom is -0.177 e. The molecule has 0 aliphatic rings. The summed E-state index contributed by atoms with van der Waals surface area (Å²) in [6.45, 7) is 2.07. The fraction of sp³-hybridized carbons (Fsp3) is 0.300. The molecule has 5 heteroatoms. The lowest BCUT2D eigenvalue weighted by Crippen LogP contribution is -2.00. The smallest absolute Gasteiger partial charge is 0.177 e. The van der Waals surface area contributed by atoms with E-state index in [9.17, 15) is 0 Å². The molecule has 1 aromatic carbocycles. The van der Waals surface area contributed by atoms with Crippen molar-refractivity contribution >= 4 is 11.6 Å². The van der Waals surface area contributed by atoms with Crippen LogP contribution in [0.2, 0.25) is 5.02 Å². The first kappa shape index (κ1) is 10.1. The van der Waals surface area contributed by atoms with Crippen LogP contribution in [0.25, 0.3) is 0 Å². The Morgan fingerprint density at radius 1 is 1.33 bits per heavy atom. The molecule has 2 aromatic rings. The van der Waals surface area contributed by atoms with Gasteiger partial charge in [-0.2, -0.15) is 5.21 Å². The molecule has 4 nitrogen and oxygen atoms in total. The van der Waals surface area contributed by atoms with Crippen LogP contribution in [0, 0.1) is 0 Å². The molecule has 0 aliphatic carbocycles. The number of tetrazole rings is 1. The number of hydrogen-bond donors (Lipinski definition) is 1. The summed E-state index contributed by atoms with van der Waals surface area (Å²) in [5, 5.41) is 14.7. The van der Waals surface area contributed by atoms with Gasteiger partial charge in [0.25, 0.3) is 0 Å². The van der Waals surface area contributed by atoms with Crippen molar-refractivity contribution in [2.75, 3.05) is 0 Å². The zero-order valence-electron chi connectivity index (χ0n) is 8.31. The first-order valence-corrected chi connectivity index (χ1v) is 5.11. The van der Waals surface area contributed by atoms with Crippen molar-refractivity contribution in [2.45, 2.75) is 19.3 Å². The van der Waals surface area contributed by atoms with Crippen molar-refractivity contribution in [1.82, 2.24) is 20.6 Å². The van der Waals surface area contributed by atoms with E-state index in [4.69, 9.17) is 11.6 Å². The lowest BCUT2D eigenvalue weighted by Gasteiger charge is -2.06. The van der Waals surface area contributed by atoms with E-state index in [1.54, 1.807) is 0 Å². The molecule has 0 unspecified atom stereocenters. The summed E-state index contributed by atoms with van der Waals surface area (Å²) >= 11 is 5.81. The summed E-state index contributed by atoms with van der Waals surface area (Å²) in [6, 6.07) is 7.80. The predicted molar refractivity (Wildman–Crippen MR) is 57.7 cm³/mol. The predicted octanol–water partition coefficient (Wildman–Crippen LogP) is 2.20. The molecule has 0 spiro atoms. The molecule has 1 N–H and O–H groups in total. The van der Waals surface area contributed by atoms with E-state index in [-0.39, 0.29) is 5.92 Å². The van der Waals surface area contributed by atoms with Crippen LogP contribution in [0.3, 0.4) is 0 Å². The Hall–Kier alpha value is -1.42. The largest absolute Gasteiger partial charge is 0.177 e. The number of nitrogens with zero attached hydrogens (tertiary/aromatic N) is 3. The molecule has 0 radical (unpaired) electrons. The van der Waals surface area contributed by atoms with Crippen LogP contribution in [-0.4, -0.2) is 20.6 Å². The number of aromatic nitrogens is 4. The number of hydrogen-bond acceptors (Lipinski definition) is 3. The van der Waals surface area contributed by atoms with Gasteiger partial charge in [-0.25, -0.2) is 0 Å². The third-order valence-electron chi connectivity index (χ3n) is 2.26. The van der Waals surface area contributed by atoms with Gasteiger partial charge in [-0.1, -0.05) is 35.9 Å². The molecule has 0 saturated carbocycles. The summed E-state index contributed by atoms with van der Waals surface area (Å²) in [5.74, 6) is 0.995. The van der Waals surface area contributed by atoms with E-state index >= 15 is 0 Å². The lowest BCUT2D eigenvalue weighted by atomic mass is 10.0. The molecule has 0 fully saturated rings. The van der Waals surface area contributed by atoms with Crippen molar-refractivity contribution in [3.05, 3.63) is 40.7 Å². The molecule has 0 amide bonds. The van der Waals surface area contributed by atoms with Crippen molar-refractivity contribution in [1.29, 1.82) is 0 Å². The fourth-order valence-electron chi connectivity index (χ4n) is 1.44. The van der Waals surface area contributed by atoms with Gasteiger partial charge >= 0.3 is 0 Å². The fourth-order valence-corrected chi connectivity index (χ4v) is 1.57. The second-order valence-corrected chi connectivity index (χ2v) is 3.94. The van der Waals surface area contributed by atoms with E-state index in [1.807, 2.05) is 24.3 Å². The molecule has 2 rings (SSSR count).